The van der Waals surface area contributed by atoms with Crippen LogP contribution in [0.1, 0.15) is 18.4 Å². The summed E-state index contributed by atoms with van der Waals surface area (Å²) in [5.41, 5.74) is 6.67. The Kier molecular flexibility index (Phi) is 7.30. The first kappa shape index (κ1) is 17.2. The van der Waals surface area contributed by atoms with Gasteiger partial charge in [-0.1, -0.05) is 23.7 Å². The van der Waals surface area contributed by atoms with E-state index in [4.69, 9.17) is 22.1 Å². The van der Waals surface area contributed by atoms with Gasteiger partial charge >= 0.3 is 0 Å². The van der Waals surface area contributed by atoms with Crippen molar-refractivity contribution in [2.45, 2.75) is 31.5 Å². The molecule has 1 aromatic rings. The molecular weight excluding hydrogens is 299 g/mol. The fourth-order valence-corrected chi connectivity index (χ4v) is 2.29. The predicted octanol–water partition coefficient (Wildman–Crippen LogP) is 1.93. The van der Waals surface area contributed by atoms with E-state index < -0.39 is 0 Å². The van der Waals surface area contributed by atoms with Crippen LogP contribution in [0.3, 0.4) is 0 Å². The molecule has 0 spiro atoms. The van der Waals surface area contributed by atoms with Gasteiger partial charge in [0.05, 0.1) is 6.10 Å². The van der Waals surface area contributed by atoms with Gasteiger partial charge in [-0.05, 0) is 37.0 Å². The summed E-state index contributed by atoms with van der Waals surface area (Å²) in [7, 11) is 0. The standard InChI is InChI=1S/C14H19ClN2O2.ClH/c15-11-3-1-10(2-4-11)7-8-17-14(18)13-6-5-12(9-16)19-13;/h1-4,12-13H,5-9,16H2,(H,17,18);1H/t12-,13+;/m1./s1. The number of carbonyl (C=O) groups excluding carboxylic acids is 1. The van der Waals surface area contributed by atoms with Gasteiger partial charge in [0.2, 0.25) is 5.91 Å². The summed E-state index contributed by atoms with van der Waals surface area (Å²) < 4.78 is 5.54. The maximum Gasteiger partial charge on any atom is 0.249 e. The van der Waals surface area contributed by atoms with Crippen LogP contribution in [0.15, 0.2) is 24.3 Å². The molecule has 0 unspecified atom stereocenters. The van der Waals surface area contributed by atoms with E-state index in [9.17, 15) is 4.79 Å². The first-order valence-corrected chi connectivity index (χ1v) is 6.94. The van der Waals surface area contributed by atoms with Crippen LogP contribution in [0.5, 0.6) is 0 Å². The fraction of sp³-hybridized carbons (Fsp3) is 0.500. The maximum atomic E-state index is 11.9. The van der Waals surface area contributed by atoms with Crippen LogP contribution in [0, 0.1) is 0 Å². The van der Waals surface area contributed by atoms with Gasteiger partial charge in [0, 0.05) is 18.1 Å². The molecular formula is C14H20Cl2N2O2. The molecule has 6 heteroatoms. The highest BCUT2D eigenvalue weighted by Crippen LogP contribution is 2.18. The smallest absolute Gasteiger partial charge is 0.249 e. The molecule has 0 aliphatic carbocycles. The molecule has 0 aromatic heterocycles. The number of hydrogen-bond donors (Lipinski definition) is 2. The fourth-order valence-electron chi connectivity index (χ4n) is 2.17. The van der Waals surface area contributed by atoms with E-state index in [1.807, 2.05) is 24.3 Å². The highest BCUT2D eigenvalue weighted by atomic mass is 35.5. The van der Waals surface area contributed by atoms with Gasteiger partial charge in [0.1, 0.15) is 6.10 Å². The van der Waals surface area contributed by atoms with Crippen molar-refractivity contribution in [3.8, 4) is 0 Å². The third-order valence-corrected chi connectivity index (χ3v) is 3.54. The molecule has 1 heterocycles. The Hall–Kier alpha value is -0.810. The lowest BCUT2D eigenvalue weighted by molar-refractivity contribution is -0.131. The van der Waals surface area contributed by atoms with Gasteiger partial charge in [0.25, 0.3) is 0 Å². The second kappa shape index (κ2) is 8.47. The maximum absolute atomic E-state index is 11.9. The number of hydrogen-bond acceptors (Lipinski definition) is 3. The Morgan fingerprint density at radius 1 is 1.35 bits per heavy atom. The minimum atomic E-state index is -0.334. The van der Waals surface area contributed by atoms with Crippen LogP contribution in [-0.4, -0.2) is 31.2 Å². The minimum Gasteiger partial charge on any atom is -0.364 e. The number of nitrogens with one attached hydrogen (secondary N) is 1. The molecule has 1 amide bonds. The summed E-state index contributed by atoms with van der Waals surface area (Å²) in [4.78, 5) is 11.9. The van der Waals surface area contributed by atoms with Crippen molar-refractivity contribution in [1.29, 1.82) is 0 Å². The van der Waals surface area contributed by atoms with Gasteiger partial charge in [-0.25, -0.2) is 0 Å². The normalized spacial score (nSPS) is 21.3. The predicted molar refractivity (Wildman–Crippen MR) is 82.4 cm³/mol. The van der Waals surface area contributed by atoms with Gasteiger partial charge in [-0.3, -0.25) is 4.79 Å². The molecule has 2 atom stereocenters. The molecule has 0 saturated carbocycles. The van der Waals surface area contributed by atoms with Crippen LogP contribution in [0.2, 0.25) is 5.02 Å². The van der Waals surface area contributed by atoms with E-state index >= 15 is 0 Å². The van der Waals surface area contributed by atoms with Crippen LogP contribution >= 0.6 is 24.0 Å². The molecule has 4 nitrogen and oxygen atoms in total. The second-order valence-electron chi connectivity index (χ2n) is 4.73. The molecule has 1 saturated heterocycles. The highest BCUT2D eigenvalue weighted by Gasteiger charge is 2.29. The van der Waals surface area contributed by atoms with Crippen molar-refractivity contribution in [1.82, 2.24) is 5.32 Å². The SMILES string of the molecule is Cl.NC[C@H]1CC[C@@H](C(=O)NCCc2ccc(Cl)cc2)O1. The molecule has 1 fully saturated rings. The van der Waals surface area contributed by atoms with Gasteiger partial charge in [-0.2, -0.15) is 0 Å². The second-order valence-corrected chi connectivity index (χ2v) is 5.16. The number of halogens is 2. The van der Waals surface area contributed by atoms with Crippen LogP contribution in [-0.2, 0) is 16.0 Å². The number of carbonyl (C=O) groups is 1. The lowest BCUT2D eigenvalue weighted by Gasteiger charge is -2.12. The average Bonchev–Trinajstić information content (AvgIpc) is 2.90. The Balaban J connectivity index is 0.00000200. The quantitative estimate of drug-likeness (QED) is 0.871. The largest absolute Gasteiger partial charge is 0.364 e. The van der Waals surface area contributed by atoms with Crippen molar-refractivity contribution < 1.29 is 9.53 Å². The Morgan fingerprint density at radius 2 is 2.05 bits per heavy atom. The summed E-state index contributed by atoms with van der Waals surface area (Å²) in [6.07, 6.45) is 2.11. The van der Waals surface area contributed by atoms with Gasteiger partial charge in [0.15, 0.2) is 0 Å². The molecule has 2 rings (SSSR count). The molecule has 1 aromatic carbocycles. The lowest BCUT2D eigenvalue weighted by atomic mass is 10.1. The zero-order chi connectivity index (χ0) is 13.7. The van der Waals surface area contributed by atoms with E-state index in [0.29, 0.717) is 13.1 Å². The zero-order valence-electron chi connectivity index (χ0n) is 11.2. The number of benzene rings is 1. The highest BCUT2D eigenvalue weighted by molar-refractivity contribution is 6.30. The summed E-state index contributed by atoms with van der Waals surface area (Å²) in [5, 5.41) is 3.62. The summed E-state index contributed by atoms with van der Waals surface area (Å²) >= 11 is 5.81. The lowest BCUT2D eigenvalue weighted by Crippen LogP contribution is -2.36. The summed E-state index contributed by atoms with van der Waals surface area (Å²) in [5.74, 6) is -0.0371. The monoisotopic (exact) mass is 318 g/mol. The van der Waals surface area contributed by atoms with Crippen LogP contribution < -0.4 is 11.1 Å². The number of amides is 1. The Labute approximate surface area is 130 Å². The van der Waals surface area contributed by atoms with Gasteiger partial charge < -0.3 is 15.8 Å². The summed E-state index contributed by atoms with van der Waals surface area (Å²) in [6.45, 7) is 1.09. The molecule has 20 heavy (non-hydrogen) atoms. The number of nitrogens with two attached hydrogens (primary N) is 1. The van der Waals surface area contributed by atoms with Crippen molar-refractivity contribution in [3.05, 3.63) is 34.9 Å². The molecule has 3 N–H and O–H groups in total. The number of ether oxygens (including phenoxy) is 1. The van der Waals surface area contributed by atoms with E-state index in [1.165, 1.54) is 0 Å². The minimum absolute atomic E-state index is 0. The topological polar surface area (TPSA) is 64.4 Å². The average molecular weight is 319 g/mol. The van der Waals surface area contributed by atoms with E-state index in [0.717, 1.165) is 29.8 Å². The molecule has 112 valence electrons. The van der Waals surface area contributed by atoms with Crippen molar-refractivity contribution in [2.75, 3.05) is 13.1 Å². The molecule has 0 radical (unpaired) electrons. The van der Waals surface area contributed by atoms with E-state index in [2.05, 4.69) is 5.32 Å². The third kappa shape index (κ3) is 4.94. The first-order chi connectivity index (χ1) is 9.19. The third-order valence-electron chi connectivity index (χ3n) is 3.29. The van der Waals surface area contributed by atoms with Gasteiger partial charge in [-0.15, -0.1) is 12.4 Å². The molecule has 1 aliphatic heterocycles. The van der Waals surface area contributed by atoms with Crippen molar-refractivity contribution >= 4 is 29.9 Å². The number of rotatable bonds is 5. The van der Waals surface area contributed by atoms with Crippen LogP contribution in [0.4, 0.5) is 0 Å². The Bertz CT molecular complexity index is 426. The van der Waals surface area contributed by atoms with E-state index in [-0.39, 0.29) is 30.5 Å². The molecule has 0 bridgehead atoms. The van der Waals surface area contributed by atoms with Crippen molar-refractivity contribution in [2.24, 2.45) is 5.73 Å². The Morgan fingerprint density at radius 3 is 2.65 bits per heavy atom. The summed E-state index contributed by atoms with van der Waals surface area (Å²) in [6, 6.07) is 7.63. The molecule has 1 aliphatic rings. The zero-order valence-corrected chi connectivity index (χ0v) is 12.8. The van der Waals surface area contributed by atoms with Crippen molar-refractivity contribution in [3.63, 3.8) is 0 Å². The first-order valence-electron chi connectivity index (χ1n) is 6.56. The van der Waals surface area contributed by atoms with Crippen LogP contribution in [0.25, 0.3) is 0 Å². The van der Waals surface area contributed by atoms with E-state index in [1.54, 1.807) is 0 Å².